The van der Waals surface area contributed by atoms with Gasteiger partial charge in [-0.25, -0.2) is 0 Å². The van der Waals surface area contributed by atoms with Crippen LogP contribution in [0.2, 0.25) is 0 Å². The first-order valence-electron chi connectivity index (χ1n) is 8.52. The van der Waals surface area contributed by atoms with Crippen molar-refractivity contribution in [2.45, 2.75) is 32.0 Å². The van der Waals surface area contributed by atoms with Gasteiger partial charge in [-0.15, -0.1) is 0 Å². The van der Waals surface area contributed by atoms with Crippen LogP contribution in [0.15, 0.2) is 53.0 Å². The highest BCUT2D eigenvalue weighted by atomic mass is 79.9. The number of likely N-dealkylation sites (tertiary alicyclic amines) is 1. The molecule has 1 aliphatic heterocycles. The van der Waals surface area contributed by atoms with Crippen molar-refractivity contribution < 1.29 is 14.7 Å². The molecule has 0 aromatic heterocycles. The average Bonchev–Trinajstić information content (AvgIpc) is 3.02. The molecule has 2 N–H and O–H groups in total. The average molecular weight is 417 g/mol. The van der Waals surface area contributed by atoms with Crippen LogP contribution in [0.5, 0.6) is 0 Å². The summed E-state index contributed by atoms with van der Waals surface area (Å²) in [6.07, 6.45) is -0.444. The van der Waals surface area contributed by atoms with Crippen molar-refractivity contribution in [2.24, 2.45) is 0 Å². The van der Waals surface area contributed by atoms with Crippen LogP contribution >= 0.6 is 15.9 Å². The molecule has 0 bridgehead atoms. The number of β-amino-alcohol motifs (C(OH)–C–C–N with tert-alkyl or cyclic N) is 1. The number of carbonyl (C=O) groups is 2. The number of nitrogens with one attached hydrogen (secondary N) is 1. The number of aryl methyl sites for hydroxylation is 1. The van der Waals surface area contributed by atoms with Crippen LogP contribution < -0.4 is 5.32 Å². The molecule has 0 spiro atoms. The van der Waals surface area contributed by atoms with Gasteiger partial charge in [0, 0.05) is 29.5 Å². The van der Waals surface area contributed by atoms with Crippen molar-refractivity contribution >= 4 is 27.7 Å². The monoisotopic (exact) mass is 416 g/mol. The summed E-state index contributed by atoms with van der Waals surface area (Å²) >= 11 is 3.35. The van der Waals surface area contributed by atoms with E-state index in [1.165, 1.54) is 4.90 Å². The Morgan fingerprint density at radius 2 is 1.96 bits per heavy atom. The van der Waals surface area contributed by atoms with Gasteiger partial charge in [0.15, 0.2) is 0 Å². The van der Waals surface area contributed by atoms with Crippen molar-refractivity contribution in [2.75, 3.05) is 6.54 Å². The van der Waals surface area contributed by atoms with Crippen LogP contribution in [-0.4, -0.2) is 40.5 Å². The molecule has 0 saturated carbocycles. The molecule has 6 heteroatoms. The van der Waals surface area contributed by atoms with E-state index in [0.717, 1.165) is 15.6 Å². The van der Waals surface area contributed by atoms with Crippen molar-refractivity contribution in [1.82, 2.24) is 10.2 Å². The van der Waals surface area contributed by atoms with Gasteiger partial charge in [-0.2, -0.15) is 0 Å². The number of amides is 2. The molecule has 1 aliphatic rings. The van der Waals surface area contributed by atoms with Gasteiger partial charge in [0.05, 0.1) is 6.10 Å². The molecule has 0 unspecified atom stereocenters. The van der Waals surface area contributed by atoms with Crippen LogP contribution in [0.25, 0.3) is 0 Å². The van der Waals surface area contributed by atoms with Crippen molar-refractivity contribution in [3.05, 3.63) is 69.7 Å². The van der Waals surface area contributed by atoms with E-state index in [0.29, 0.717) is 12.1 Å². The van der Waals surface area contributed by atoms with Crippen LogP contribution in [0.1, 0.15) is 27.9 Å². The Labute approximate surface area is 161 Å². The van der Waals surface area contributed by atoms with E-state index in [9.17, 15) is 14.7 Å². The number of hydrogen-bond donors (Lipinski definition) is 2. The second kappa shape index (κ2) is 8.01. The topological polar surface area (TPSA) is 69.6 Å². The summed E-state index contributed by atoms with van der Waals surface area (Å²) in [6, 6.07) is 14.3. The largest absolute Gasteiger partial charge is 0.391 e. The fraction of sp³-hybridized carbons (Fsp3) is 0.300. The molecule has 2 amide bonds. The predicted molar refractivity (Wildman–Crippen MR) is 103 cm³/mol. The van der Waals surface area contributed by atoms with Crippen LogP contribution in [0.4, 0.5) is 0 Å². The molecule has 1 heterocycles. The second-order valence-corrected chi connectivity index (χ2v) is 7.49. The SMILES string of the molecule is Cc1ccc(CNC(=O)[C@@H]2C[C@@H](O)CN2C(=O)c2cccc(Br)c2)cc1. The highest BCUT2D eigenvalue weighted by Crippen LogP contribution is 2.22. The van der Waals surface area contributed by atoms with Gasteiger partial charge in [0.2, 0.25) is 5.91 Å². The van der Waals surface area contributed by atoms with E-state index < -0.39 is 12.1 Å². The van der Waals surface area contributed by atoms with Gasteiger partial charge in [0.1, 0.15) is 6.04 Å². The zero-order valence-corrected chi connectivity index (χ0v) is 16.1. The molecule has 2 aromatic rings. The molecule has 26 heavy (non-hydrogen) atoms. The summed E-state index contributed by atoms with van der Waals surface area (Å²) in [7, 11) is 0. The Morgan fingerprint density at radius 1 is 1.23 bits per heavy atom. The fourth-order valence-corrected chi connectivity index (χ4v) is 3.49. The standard InChI is InChI=1S/C20H21BrN2O3/c1-13-5-7-14(8-6-13)11-22-19(25)18-10-17(24)12-23(18)20(26)15-3-2-4-16(21)9-15/h2-9,17-18,24H,10-12H2,1H3,(H,22,25)/t17-,18+/m1/s1. The zero-order chi connectivity index (χ0) is 18.7. The zero-order valence-electron chi connectivity index (χ0n) is 14.5. The lowest BCUT2D eigenvalue weighted by molar-refractivity contribution is -0.125. The van der Waals surface area contributed by atoms with Crippen molar-refractivity contribution in [3.8, 4) is 0 Å². The quantitative estimate of drug-likeness (QED) is 0.804. The lowest BCUT2D eigenvalue weighted by atomic mass is 10.1. The first-order chi connectivity index (χ1) is 12.4. The van der Waals surface area contributed by atoms with E-state index in [2.05, 4.69) is 21.2 Å². The molecule has 2 atom stereocenters. The molecular formula is C20H21BrN2O3. The summed E-state index contributed by atoms with van der Waals surface area (Å²) in [5.74, 6) is -0.496. The first kappa shape index (κ1) is 18.6. The number of aliphatic hydroxyl groups is 1. The number of halogens is 1. The van der Waals surface area contributed by atoms with Crippen molar-refractivity contribution in [1.29, 1.82) is 0 Å². The maximum Gasteiger partial charge on any atom is 0.254 e. The van der Waals surface area contributed by atoms with Crippen LogP contribution in [0.3, 0.4) is 0 Å². The van der Waals surface area contributed by atoms with Gasteiger partial charge in [-0.05, 0) is 30.7 Å². The third kappa shape index (κ3) is 4.31. The Morgan fingerprint density at radius 3 is 2.65 bits per heavy atom. The summed E-state index contributed by atoms with van der Waals surface area (Å²) in [5.41, 5.74) is 2.64. The summed E-state index contributed by atoms with van der Waals surface area (Å²) in [4.78, 5) is 26.9. The van der Waals surface area contributed by atoms with Crippen LogP contribution in [-0.2, 0) is 11.3 Å². The van der Waals surface area contributed by atoms with E-state index in [-0.39, 0.29) is 24.8 Å². The number of aliphatic hydroxyl groups excluding tert-OH is 1. The molecule has 3 rings (SSSR count). The van der Waals surface area contributed by atoms with Crippen molar-refractivity contribution in [3.63, 3.8) is 0 Å². The molecule has 0 aliphatic carbocycles. The normalized spacial score (nSPS) is 19.4. The van der Waals surface area contributed by atoms with E-state index >= 15 is 0 Å². The highest BCUT2D eigenvalue weighted by molar-refractivity contribution is 9.10. The Balaban J connectivity index is 1.69. The molecular weight excluding hydrogens is 396 g/mol. The third-order valence-corrected chi connectivity index (χ3v) is 4.99. The molecule has 5 nitrogen and oxygen atoms in total. The van der Waals surface area contributed by atoms with Gasteiger partial charge in [-0.3, -0.25) is 9.59 Å². The summed E-state index contributed by atoms with van der Waals surface area (Å²) in [5, 5.41) is 12.9. The molecule has 136 valence electrons. The Hall–Kier alpha value is -2.18. The highest BCUT2D eigenvalue weighted by Gasteiger charge is 2.39. The molecule has 2 aromatic carbocycles. The number of carbonyl (C=O) groups excluding carboxylic acids is 2. The predicted octanol–water partition coefficient (Wildman–Crippen LogP) is 2.65. The minimum atomic E-state index is -0.693. The molecule has 1 fully saturated rings. The van der Waals surface area contributed by atoms with Gasteiger partial charge in [-0.1, -0.05) is 51.8 Å². The third-order valence-electron chi connectivity index (χ3n) is 4.50. The maximum atomic E-state index is 12.8. The maximum absolute atomic E-state index is 12.8. The van der Waals surface area contributed by atoms with E-state index in [4.69, 9.17) is 0 Å². The van der Waals surface area contributed by atoms with Gasteiger partial charge < -0.3 is 15.3 Å². The number of rotatable bonds is 4. The lowest BCUT2D eigenvalue weighted by Crippen LogP contribution is -2.45. The van der Waals surface area contributed by atoms with Gasteiger partial charge >= 0.3 is 0 Å². The smallest absolute Gasteiger partial charge is 0.254 e. The second-order valence-electron chi connectivity index (χ2n) is 6.58. The van der Waals surface area contributed by atoms with E-state index in [1.54, 1.807) is 18.2 Å². The summed E-state index contributed by atoms with van der Waals surface area (Å²) < 4.78 is 0.795. The number of benzene rings is 2. The first-order valence-corrected chi connectivity index (χ1v) is 9.31. The fourth-order valence-electron chi connectivity index (χ4n) is 3.09. The van der Waals surface area contributed by atoms with Gasteiger partial charge in [0.25, 0.3) is 5.91 Å². The van der Waals surface area contributed by atoms with E-state index in [1.807, 2.05) is 37.3 Å². The summed E-state index contributed by atoms with van der Waals surface area (Å²) in [6.45, 7) is 2.56. The minimum absolute atomic E-state index is 0.161. The lowest BCUT2D eigenvalue weighted by Gasteiger charge is -2.24. The molecule has 0 radical (unpaired) electrons. The van der Waals surface area contributed by atoms with Crippen LogP contribution in [0, 0.1) is 6.92 Å². The molecule has 1 saturated heterocycles. The Kier molecular flexibility index (Phi) is 5.74. The Bertz CT molecular complexity index is 807. The minimum Gasteiger partial charge on any atom is -0.391 e. The number of nitrogens with zero attached hydrogens (tertiary/aromatic N) is 1. The number of hydrogen-bond acceptors (Lipinski definition) is 3.